The highest BCUT2D eigenvalue weighted by Crippen LogP contribution is 2.36. The third-order valence-corrected chi connectivity index (χ3v) is 6.14. The highest BCUT2D eigenvalue weighted by atomic mass is 127. The van der Waals surface area contributed by atoms with Gasteiger partial charge in [-0.2, -0.15) is 0 Å². The number of nitrogens with zero attached hydrogens (tertiary/aromatic N) is 2. The van der Waals surface area contributed by atoms with Crippen LogP contribution in [0.3, 0.4) is 0 Å². The Labute approximate surface area is 164 Å². The van der Waals surface area contributed by atoms with E-state index in [2.05, 4.69) is 41.5 Å². The van der Waals surface area contributed by atoms with Crippen LogP contribution in [0, 0.1) is 11.8 Å². The lowest BCUT2D eigenvalue weighted by molar-refractivity contribution is -0.133. The Hall–Kier alpha value is -0.450. The van der Waals surface area contributed by atoms with Crippen LogP contribution >= 0.6 is 22.9 Å². The number of amides is 2. The summed E-state index contributed by atoms with van der Waals surface area (Å²) >= 11 is 2.35. The summed E-state index contributed by atoms with van der Waals surface area (Å²) in [4.78, 5) is 27.6. The molecule has 1 aliphatic carbocycles. The highest BCUT2D eigenvalue weighted by Gasteiger charge is 2.44. The molecule has 0 bridgehead atoms. The molecule has 1 heterocycles. The van der Waals surface area contributed by atoms with Crippen LogP contribution in [0.1, 0.15) is 32.6 Å². The number of hydrogen-bond donors (Lipinski definition) is 3. The Morgan fingerprint density at radius 3 is 2.12 bits per heavy atom. The highest BCUT2D eigenvalue weighted by molar-refractivity contribution is 14.1. The van der Waals surface area contributed by atoms with E-state index in [4.69, 9.17) is 5.11 Å². The summed E-state index contributed by atoms with van der Waals surface area (Å²) in [5.74, 6) is -0.541. The summed E-state index contributed by atoms with van der Waals surface area (Å²) < 4.78 is 2.29. The molecule has 25 heavy (non-hydrogen) atoms. The molecule has 1 unspecified atom stereocenters. The smallest absolute Gasteiger partial charge is 0.223 e. The zero-order valence-corrected chi connectivity index (χ0v) is 17.2. The van der Waals surface area contributed by atoms with Crippen LogP contribution in [0.5, 0.6) is 0 Å². The molecule has 3 N–H and O–H groups in total. The molecule has 2 rings (SSSR count). The second-order valence-electron chi connectivity index (χ2n) is 6.94. The second-order valence-corrected chi connectivity index (χ2v) is 8.31. The van der Waals surface area contributed by atoms with Gasteiger partial charge >= 0.3 is 0 Å². The first-order chi connectivity index (χ1) is 12.1. The quantitative estimate of drug-likeness (QED) is 0.274. The summed E-state index contributed by atoms with van der Waals surface area (Å²) in [6.45, 7) is 7.26. The molecule has 1 aliphatic heterocycles. The number of hydrogen-bond acceptors (Lipinski definition) is 5. The van der Waals surface area contributed by atoms with E-state index >= 15 is 0 Å². The fraction of sp³-hybridized carbons (Fsp3) is 0.882. The molecule has 3 atom stereocenters. The van der Waals surface area contributed by atoms with Gasteiger partial charge in [0.25, 0.3) is 0 Å². The number of aliphatic hydroxyl groups excluding tert-OH is 1. The second kappa shape index (κ2) is 10.6. The van der Waals surface area contributed by atoms with Gasteiger partial charge in [0, 0.05) is 74.8 Å². The maximum Gasteiger partial charge on any atom is 0.223 e. The van der Waals surface area contributed by atoms with Crippen LogP contribution in [-0.2, 0) is 9.59 Å². The lowest BCUT2D eigenvalue weighted by atomic mass is 9.94. The summed E-state index contributed by atoms with van der Waals surface area (Å²) in [5.41, 5.74) is 0. The minimum Gasteiger partial charge on any atom is -0.396 e. The molecule has 0 radical (unpaired) electrons. The van der Waals surface area contributed by atoms with Crippen molar-refractivity contribution in [2.45, 2.75) is 38.6 Å². The van der Waals surface area contributed by atoms with Crippen LogP contribution in [0.25, 0.3) is 0 Å². The minimum atomic E-state index is -0.266. The first-order valence-electron chi connectivity index (χ1n) is 9.37. The van der Waals surface area contributed by atoms with Crippen LogP contribution in [0.2, 0.25) is 0 Å². The van der Waals surface area contributed by atoms with Crippen LogP contribution in [0.15, 0.2) is 0 Å². The SMILES string of the molecule is CCCNC(=O)[C@@H]1CC(N2CCN(I)CC2)C[C@H]1C(=O)NCCCO. The van der Waals surface area contributed by atoms with E-state index in [0.717, 1.165) is 45.4 Å². The van der Waals surface area contributed by atoms with Gasteiger partial charge in [0.15, 0.2) is 0 Å². The van der Waals surface area contributed by atoms with Gasteiger partial charge in [-0.05, 0) is 25.7 Å². The molecule has 2 amide bonds. The molecular weight excluding hydrogens is 435 g/mol. The molecule has 0 aromatic rings. The average molecular weight is 466 g/mol. The zero-order valence-electron chi connectivity index (χ0n) is 15.0. The van der Waals surface area contributed by atoms with Crippen molar-refractivity contribution in [3.8, 4) is 0 Å². The zero-order chi connectivity index (χ0) is 18.2. The van der Waals surface area contributed by atoms with Gasteiger partial charge in [0.05, 0.1) is 11.8 Å². The first kappa shape index (κ1) is 20.9. The number of rotatable bonds is 8. The number of nitrogens with one attached hydrogen (secondary N) is 2. The van der Waals surface area contributed by atoms with Crippen molar-refractivity contribution >= 4 is 34.7 Å². The van der Waals surface area contributed by atoms with Crippen LogP contribution in [0.4, 0.5) is 0 Å². The maximum absolute atomic E-state index is 12.6. The predicted molar refractivity (Wildman–Crippen MR) is 105 cm³/mol. The molecule has 0 aromatic carbocycles. The van der Waals surface area contributed by atoms with E-state index < -0.39 is 0 Å². The fourth-order valence-electron chi connectivity index (χ4n) is 3.75. The Morgan fingerprint density at radius 2 is 1.60 bits per heavy atom. The molecule has 144 valence electrons. The standard InChI is InChI=1S/C17H31IN4O3/c1-2-4-19-16(24)14-11-13(21-6-8-22(18)9-7-21)12-15(14)17(25)20-5-3-10-23/h13-15,23H,2-12H2,1H3,(H,19,24)(H,20,25)/t13?,14-,15-/m1/s1. The third-order valence-electron chi connectivity index (χ3n) is 5.17. The lowest BCUT2D eigenvalue weighted by Gasteiger charge is -2.35. The third kappa shape index (κ3) is 6.04. The van der Waals surface area contributed by atoms with E-state index in [0.29, 0.717) is 25.6 Å². The van der Waals surface area contributed by atoms with Crippen molar-refractivity contribution in [2.75, 3.05) is 45.9 Å². The summed E-state index contributed by atoms with van der Waals surface area (Å²) in [5, 5.41) is 14.7. The van der Waals surface area contributed by atoms with Crippen molar-refractivity contribution in [2.24, 2.45) is 11.8 Å². The minimum absolute atomic E-state index is 0.0131. The average Bonchev–Trinajstić information content (AvgIpc) is 3.06. The van der Waals surface area contributed by atoms with E-state index in [-0.39, 0.29) is 30.3 Å². The predicted octanol–water partition coefficient (Wildman–Crippen LogP) is 0.374. The van der Waals surface area contributed by atoms with Gasteiger partial charge in [-0.3, -0.25) is 14.5 Å². The molecule has 0 aromatic heterocycles. The maximum atomic E-state index is 12.6. The van der Waals surface area contributed by atoms with Crippen LogP contribution < -0.4 is 10.6 Å². The Morgan fingerprint density at radius 1 is 1.04 bits per heavy atom. The number of carbonyl (C=O) groups excluding carboxylic acids is 2. The van der Waals surface area contributed by atoms with Crippen molar-refractivity contribution in [3.05, 3.63) is 0 Å². The van der Waals surface area contributed by atoms with Gasteiger partial charge in [-0.25, -0.2) is 3.11 Å². The monoisotopic (exact) mass is 466 g/mol. The number of carbonyl (C=O) groups is 2. The molecule has 7 nitrogen and oxygen atoms in total. The van der Waals surface area contributed by atoms with Crippen molar-refractivity contribution < 1.29 is 14.7 Å². The summed E-state index contributed by atoms with van der Waals surface area (Å²) in [6.07, 6.45) is 2.95. The molecule has 0 spiro atoms. The largest absolute Gasteiger partial charge is 0.396 e. The van der Waals surface area contributed by atoms with E-state index in [9.17, 15) is 9.59 Å². The van der Waals surface area contributed by atoms with Gasteiger partial charge in [0.2, 0.25) is 11.8 Å². The molecule has 1 saturated heterocycles. The number of piperazine rings is 1. The number of aliphatic hydroxyl groups is 1. The lowest BCUT2D eigenvalue weighted by Crippen LogP contribution is -2.46. The van der Waals surface area contributed by atoms with E-state index in [1.807, 2.05) is 6.92 Å². The Bertz CT molecular complexity index is 444. The first-order valence-corrected chi connectivity index (χ1v) is 10.3. The topological polar surface area (TPSA) is 84.9 Å². The molecule has 2 aliphatic rings. The van der Waals surface area contributed by atoms with Gasteiger partial charge in [-0.1, -0.05) is 6.92 Å². The fourth-order valence-corrected chi connectivity index (χ4v) is 4.18. The van der Waals surface area contributed by atoms with Gasteiger partial charge in [0.1, 0.15) is 0 Å². The molecule has 2 fully saturated rings. The molecule has 8 heteroatoms. The van der Waals surface area contributed by atoms with E-state index in [1.54, 1.807) is 0 Å². The van der Waals surface area contributed by atoms with Gasteiger partial charge in [-0.15, -0.1) is 0 Å². The van der Waals surface area contributed by atoms with Crippen molar-refractivity contribution in [1.29, 1.82) is 0 Å². The Kier molecular flexibility index (Phi) is 8.88. The van der Waals surface area contributed by atoms with Crippen molar-refractivity contribution in [3.63, 3.8) is 0 Å². The van der Waals surface area contributed by atoms with Crippen LogP contribution in [-0.4, -0.2) is 76.9 Å². The summed E-state index contributed by atoms with van der Waals surface area (Å²) in [6, 6.07) is 0.302. The Balaban J connectivity index is 1.99. The van der Waals surface area contributed by atoms with Crippen molar-refractivity contribution in [1.82, 2.24) is 18.6 Å². The summed E-state index contributed by atoms with van der Waals surface area (Å²) in [7, 11) is 0. The molecular formula is C17H31IN4O3. The van der Waals surface area contributed by atoms with E-state index in [1.165, 1.54) is 0 Å². The number of halogens is 1. The molecule has 1 saturated carbocycles. The van der Waals surface area contributed by atoms with Gasteiger partial charge < -0.3 is 15.7 Å². The normalized spacial score (nSPS) is 28.0.